The minimum Gasteiger partial charge on any atom is -0.497 e. The van der Waals surface area contributed by atoms with Gasteiger partial charge in [0.1, 0.15) is 42.4 Å². The molecule has 1 aliphatic carbocycles. The van der Waals surface area contributed by atoms with Crippen molar-refractivity contribution in [2.75, 3.05) is 32.8 Å². The second-order valence-electron chi connectivity index (χ2n) is 16.6. The number of methoxy groups -OCH3 is 2. The van der Waals surface area contributed by atoms with Gasteiger partial charge in [0.15, 0.2) is 17.0 Å². The van der Waals surface area contributed by atoms with Crippen molar-refractivity contribution < 1.29 is 38.4 Å². The van der Waals surface area contributed by atoms with Gasteiger partial charge in [0.25, 0.3) is 5.91 Å². The molecule has 6 aromatic carbocycles. The first-order chi connectivity index (χ1) is 33.3. The van der Waals surface area contributed by atoms with Gasteiger partial charge in [0.05, 0.1) is 33.3 Å². The number of benzene rings is 6. The van der Waals surface area contributed by atoms with Crippen molar-refractivity contribution in [1.82, 2.24) is 24.8 Å². The Labute approximate surface area is 392 Å². The lowest BCUT2D eigenvalue weighted by atomic mass is 9.80. The van der Waals surface area contributed by atoms with Crippen LogP contribution in [-0.4, -0.2) is 76.3 Å². The summed E-state index contributed by atoms with van der Waals surface area (Å²) in [4.78, 5) is 39.7. The molecule has 2 amide bonds. The first-order valence-electron chi connectivity index (χ1n) is 22.3. The van der Waals surface area contributed by atoms with Gasteiger partial charge in [-0.1, -0.05) is 115 Å². The number of rotatable bonds is 15. The lowest BCUT2D eigenvalue weighted by molar-refractivity contribution is -0.0931. The average molecular weight is 909 g/mol. The minimum absolute atomic E-state index is 0.0256. The Morgan fingerprint density at radius 2 is 1.32 bits per heavy atom. The molecule has 0 bridgehead atoms. The number of amides is 2. The van der Waals surface area contributed by atoms with Gasteiger partial charge in [-0.3, -0.25) is 9.36 Å². The van der Waals surface area contributed by atoms with Crippen LogP contribution in [0.2, 0.25) is 0 Å². The number of nitrogens with zero attached hydrogens (tertiary/aromatic N) is 4. The topological polar surface area (TPSA) is 168 Å². The number of imidazole rings is 1. The molecule has 0 radical (unpaired) electrons. The Balaban J connectivity index is 0.789. The summed E-state index contributed by atoms with van der Waals surface area (Å²) in [5.74, 6) is 1.18. The van der Waals surface area contributed by atoms with Crippen LogP contribution < -0.4 is 20.1 Å². The van der Waals surface area contributed by atoms with Crippen LogP contribution in [0.25, 0.3) is 22.3 Å². The van der Waals surface area contributed by atoms with Crippen molar-refractivity contribution in [3.05, 3.63) is 203 Å². The monoisotopic (exact) mass is 908 g/mol. The van der Waals surface area contributed by atoms with Crippen molar-refractivity contribution in [2.45, 2.75) is 42.9 Å². The highest BCUT2D eigenvalue weighted by Gasteiger charge is 2.42. The maximum Gasteiger partial charge on any atom is 0.407 e. The van der Waals surface area contributed by atoms with Crippen LogP contribution in [0.3, 0.4) is 0 Å². The van der Waals surface area contributed by atoms with Gasteiger partial charge in [-0.15, -0.1) is 0 Å². The summed E-state index contributed by atoms with van der Waals surface area (Å²) in [5, 5.41) is 17.2. The molecule has 14 heteroatoms. The van der Waals surface area contributed by atoms with Crippen LogP contribution in [0.15, 0.2) is 164 Å². The van der Waals surface area contributed by atoms with Gasteiger partial charge in [-0.25, -0.2) is 19.7 Å². The number of alkyl carbamates (subject to hydrolysis) is 1. The highest BCUT2D eigenvalue weighted by molar-refractivity contribution is 6.06. The second kappa shape index (κ2) is 19.1. The third kappa shape index (κ3) is 8.52. The normalized spacial score (nSPS) is 16.5. The zero-order valence-corrected chi connectivity index (χ0v) is 37.3. The Bertz CT molecular complexity index is 2960. The molecule has 0 spiro atoms. The maximum atomic E-state index is 13.5. The predicted molar refractivity (Wildman–Crippen MR) is 254 cm³/mol. The summed E-state index contributed by atoms with van der Waals surface area (Å²) < 4.78 is 32.0. The van der Waals surface area contributed by atoms with Crippen LogP contribution >= 0.6 is 0 Å². The fraction of sp³-hybridized carbons (Fsp3) is 0.204. The standard InChI is InChI=1S/C54H48N6O8/c1-64-39-24-20-37(21-25-39)54(36-10-4-3-5-11-36,38-22-26-40(65-2)27-23-38)67-31-47-46(61)28-48(68-47)60-33-58-49-50(56-32-57-51(49)60)59-52(62)35-18-16-34(17-19-35)29-55-53(63)66-30-45-43-14-8-6-12-41(43)42-13-7-9-15-44(42)45/h3-27,32-33,45-48,61H,28-31H2,1-2H3,(H,55,63)(H,56,57,59,62)/t46?,47-,48-/m1/s1. The van der Waals surface area contributed by atoms with E-state index in [0.29, 0.717) is 28.2 Å². The van der Waals surface area contributed by atoms with Gasteiger partial charge < -0.3 is 39.4 Å². The molecule has 1 saturated heterocycles. The quantitative estimate of drug-likeness (QED) is 0.0841. The Morgan fingerprint density at radius 3 is 1.96 bits per heavy atom. The van der Waals surface area contributed by atoms with Crippen LogP contribution in [0, 0.1) is 0 Å². The molecule has 342 valence electrons. The largest absolute Gasteiger partial charge is 0.497 e. The van der Waals surface area contributed by atoms with E-state index in [1.807, 2.05) is 103 Å². The summed E-state index contributed by atoms with van der Waals surface area (Å²) in [5.41, 5.74) is 8.02. The molecule has 14 nitrogen and oxygen atoms in total. The molecule has 3 atom stereocenters. The zero-order chi connectivity index (χ0) is 46.6. The molecule has 8 aromatic rings. The summed E-state index contributed by atoms with van der Waals surface area (Å²) in [6.45, 7) is 0.455. The van der Waals surface area contributed by atoms with E-state index in [4.69, 9.17) is 23.7 Å². The lowest BCUT2D eigenvalue weighted by Gasteiger charge is -2.37. The van der Waals surface area contributed by atoms with E-state index in [1.165, 1.54) is 6.33 Å². The molecule has 10 rings (SSSR count). The number of hydrogen-bond acceptors (Lipinski definition) is 11. The number of nitrogens with one attached hydrogen (secondary N) is 2. The number of carbonyl (C=O) groups is 2. The number of aliphatic hydroxyl groups is 1. The summed E-state index contributed by atoms with van der Waals surface area (Å²) in [6.07, 6.45) is 0.351. The van der Waals surface area contributed by atoms with Gasteiger partial charge in [-0.2, -0.15) is 0 Å². The fourth-order valence-corrected chi connectivity index (χ4v) is 9.25. The van der Waals surface area contributed by atoms with Gasteiger partial charge in [-0.05, 0) is 80.9 Å². The molecule has 68 heavy (non-hydrogen) atoms. The predicted octanol–water partition coefficient (Wildman–Crippen LogP) is 8.79. The summed E-state index contributed by atoms with van der Waals surface area (Å²) in [6, 6.07) is 48.7. The van der Waals surface area contributed by atoms with E-state index in [1.54, 1.807) is 49.4 Å². The van der Waals surface area contributed by atoms with Crippen molar-refractivity contribution in [3.8, 4) is 22.6 Å². The SMILES string of the molecule is COc1ccc(C(OC[C@H]2O[C@@H](n3cnc4c(NC(=O)c5ccc(CNC(=O)OCC6c7ccccc7-c7ccccc76)cc5)ncnc43)CC2O)(c2ccccc2)c2ccc(OC)cc2)cc1. The molecule has 1 unspecified atom stereocenters. The summed E-state index contributed by atoms with van der Waals surface area (Å²) in [7, 11) is 3.25. The number of ether oxygens (including phenoxy) is 5. The van der Waals surface area contributed by atoms with E-state index >= 15 is 0 Å². The van der Waals surface area contributed by atoms with Crippen LogP contribution in [-0.2, 0) is 26.4 Å². The number of aliphatic hydroxyl groups excluding tert-OH is 1. The first kappa shape index (κ1) is 44.0. The third-order valence-electron chi connectivity index (χ3n) is 12.7. The van der Waals surface area contributed by atoms with Crippen molar-refractivity contribution >= 4 is 29.0 Å². The Hall–Kier alpha value is -7.91. The number of anilines is 1. The van der Waals surface area contributed by atoms with Crippen molar-refractivity contribution in [2.24, 2.45) is 0 Å². The molecular formula is C54H48N6O8. The van der Waals surface area contributed by atoms with Gasteiger partial charge >= 0.3 is 6.09 Å². The van der Waals surface area contributed by atoms with Crippen molar-refractivity contribution in [1.29, 1.82) is 0 Å². The highest BCUT2D eigenvalue weighted by atomic mass is 16.6. The average Bonchev–Trinajstić information content (AvgIpc) is 4.09. The Kier molecular flexibility index (Phi) is 12.4. The number of aromatic nitrogens is 4. The maximum absolute atomic E-state index is 13.5. The van der Waals surface area contributed by atoms with Gasteiger partial charge in [0.2, 0.25) is 0 Å². The minimum atomic E-state index is -1.11. The van der Waals surface area contributed by atoms with Gasteiger partial charge in [0, 0.05) is 24.4 Å². The summed E-state index contributed by atoms with van der Waals surface area (Å²) >= 11 is 0. The molecule has 3 heterocycles. The van der Waals surface area contributed by atoms with E-state index < -0.39 is 36.0 Å². The Morgan fingerprint density at radius 1 is 0.721 bits per heavy atom. The van der Waals surface area contributed by atoms with E-state index in [-0.39, 0.29) is 37.9 Å². The third-order valence-corrected chi connectivity index (χ3v) is 12.7. The molecule has 3 N–H and O–H groups in total. The number of fused-ring (bicyclic) bond motifs is 4. The molecule has 0 saturated carbocycles. The number of hydrogen-bond donors (Lipinski definition) is 3. The van der Waals surface area contributed by atoms with Crippen LogP contribution in [0.5, 0.6) is 11.5 Å². The van der Waals surface area contributed by atoms with E-state index in [2.05, 4.69) is 49.9 Å². The molecular weight excluding hydrogens is 861 g/mol. The van der Waals surface area contributed by atoms with Crippen molar-refractivity contribution in [3.63, 3.8) is 0 Å². The highest BCUT2D eigenvalue weighted by Crippen LogP contribution is 2.45. The van der Waals surface area contributed by atoms with Crippen LogP contribution in [0.4, 0.5) is 10.6 Å². The second-order valence-corrected chi connectivity index (χ2v) is 16.6. The lowest BCUT2D eigenvalue weighted by Crippen LogP contribution is -2.38. The van der Waals surface area contributed by atoms with Crippen LogP contribution in [0.1, 0.15) is 62.3 Å². The molecule has 1 fully saturated rings. The first-order valence-corrected chi connectivity index (χ1v) is 22.3. The molecule has 2 aromatic heterocycles. The molecule has 2 aliphatic rings. The number of carbonyl (C=O) groups excluding carboxylic acids is 2. The van der Waals surface area contributed by atoms with E-state index in [9.17, 15) is 14.7 Å². The molecule has 1 aliphatic heterocycles. The smallest absolute Gasteiger partial charge is 0.407 e. The fourth-order valence-electron chi connectivity index (χ4n) is 9.25. The van der Waals surface area contributed by atoms with E-state index in [0.717, 1.165) is 44.5 Å². The zero-order valence-electron chi connectivity index (χ0n) is 37.3.